The fraction of sp³-hybridized carbons (Fsp3) is 0.273. The van der Waals surface area contributed by atoms with Gasteiger partial charge in [-0.2, -0.15) is 16.4 Å². The molecule has 1 unspecified atom stereocenters. The molecule has 2 atom stereocenters. The van der Waals surface area contributed by atoms with Crippen LogP contribution in [0.25, 0.3) is 0 Å². The maximum atomic E-state index is 13.1. The van der Waals surface area contributed by atoms with E-state index in [1.54, 1.807) is 22.6 Å². The van der Waals surface area contributed by atoms with E-state index in [1.165, 1.54) is 11.1 Å². The zero-order chi connectivity index (χ0) is 19.5. The number of nitrogens with zero attached hydrogens (tertiary/aromatic N) is 2. The highest BCUT2D eigenvalue weighted by Crippen LogP contribution is 2.32. The Kier molecular flexibility index (Phi) is 5.41. The molecule has 1 N–H and O–H groups in total. The number of likely N-dealkylation sites (N-methyl/N-ethyl adjacent to an activating group) is 1. The predicted molar refractivity (Wildman–Crippen MR) is 110 cm³/mol. The zero-order valence-electron chi connectivity index (χ0n) is 16.1. The summed E-state index contributed by atoms with van der Waals surface area (Å²) >= 11 is 1.68. The minimum atomic E-state index is -0.187. The molecule has 0 fully saturated rings. The van der Waals surface area contributed by atoms with E-state index >= 15 is 0 Å². The standard InChI is InChI=1S/C22H23N3O2S/c1-16-5-7-18(8-6-16)19-12-20(21-4-3-10-27-21)25(23-19)22(26)14-24(2)13-17-9-11-28-15-17/h3-11,15,20H,12-14H2,1-2H3/p+1/t20-/m0/s1. The second-order valence-corrected chi connectivity index (χ2v) is 8.11. The molecule has 0 radical (unpaired) electrons. The molecule has 28 heavy (non-hydrogen) atoms. The molecule has 3 aromatic rings. The van der Waals surface area contributed by atoms with Gasteiger partial charge in [0.1, 0.15) is 18.3 Å². The molecule has 6 heteroatoms. The molecule has 5 nitrogen and oxygen atoms in total. The average molecular weight is 395 g/mol. The summed E-state index contributed by atoms with van der Waals surface area (Å²) in [5.41, 5.74) is 4.43. The van der Waals surface area contributed by atoms with E-state index in [1.807, 2.05) is 19.2 Å². The number of quaternary nitrogens is 1. The van der Waals surface area contributed by atoms with E-state index in [2.05, 4.69) is 48.0 Å². The summed E-state index contributed by atoms with van der Waals surface area (Å²) < 4.78 is 5.62. The summed E-state index contributed by atoms with van der Waals surface area (Å²) in [6.07, 6.45) is 2.31. The van der Waals surface area contributed by atoms with Gasteiger partial charge in [0.2, 0.25) is 0 Å². The van der Waals surface area contributed by atoms with E-state index in [0.29, 0.717) is 13.0 Å². The number of rotatable bonds is 6. The molecule has 0 aliphatic carbocycles. The molecule has 1 aliphatic heterocycles. The van der Waals surface area contributed by atoms with Gasteiger partial charge in [-0.25, -0.2) is 5.01 Å². The molecular weight excluding hydrogens is 370 g/mol. The highest BCUT2D eigenvalue weighted by molar-refractivity contribution is 7.07. The Labute approximate surface area is 168 Å². The number of nitrogens with one attached hydrogen (secondary N) is 1. The van der Waals surface area contributed by atoms with E-state index < -0.39 is 0 Å². The first-order valence-electron chi connectivity index (χ1n) is 9.42. The number of hydrogen-bond acceptors (Lipinski definition) is 4. The smallest absolute Gasteiger partial charge is 0.298 e. The third-order valence-corrected chi connectivity index (χ3v) is 5.69. The summed E-state index contributed by atoms with van der Waals surface area (Å²) in [5.74, 6) is 0.783. The maximum absolute atomic E-state index is 13.1. The normalized spacial score (nSPS) is 17.6. The van der Waals surface area contributed by atoms with Gasteiger partial charge in [-0.05, 0) is 41.4 Å². The number of benzene rings is 1. The first-order valence-corrected chi connectivity index (χ1v) is 10.4. The van der Waals surface area contributed by atoms with Crippen molar-refractivity contribution in [1.29, 1.82) is 0 Å². The van der Waals surface area contributed by atoms with E-state index in [0.717, 1.165) is 28.5 Å². The lowest BCUT2D eigenvalue weighted by Gasteiger charge is -2.21. The summed E-state index contributed by atoms with van der Waals surface area (Å²) in [5, 5.41) is 10.5. The lowest BCUT2D eigenvalue weighted by atomic mass is 10.0. The summed E-state index contributed by atoms with van der Waals surface area (Å²) in [4.78, 5) is 14.2. The van der Waals surface area contributed by atoms with Crippen LogP contribution < -0.4 is 4.90 Å². The van der Waals surface area contributed by atoms with E-state index in [4.69, 9.17) is 9.52 Å². The van der Waals surface area contributed by atoms with Crippen molar-refractivity contribution < 1.29 is 14.1 Å². The van der Waals surface area contributed by atoms with Crippen molar-refractivity contribution in [3.63, 3.8) is 0 Å². The van der Waals surface area contributed by atoms with Crippen LogP contribution in [0.3, 0.4) is 0 Å². The summed E-state index contributed by atoms with van der Waals surface area (Å²) in [6.45, 7) is 3.27. The molecular formula is C22H24N3O2S+. The molecule has 4 rings (SSSR count). The first-order chi connectivity index (χ1) is 13.6. The molecule has 0 bridgehead atoms. The van der Waals surface area contributed by atoms with Gasteiger partial charge >= 0.3 is 0 Å². The van der Waals surface area contributed by atoms with E-state index in [-0.39, 0.29) is 11.9 Å². The van der Waals surface area contributed by atoms with Gasteiger partial charge in [-0.15, -0.1) is 0 Å². The van der Waals surface area contributed by atoms with Gasteiger partial charge in [0.05, 0.1) is 19.0 Å². The molecule has 0 spiro atoms. The molecule has 3 heterocycles. The molecule has 0 saturated heterocycles. The fourth-order valence-electron chi connectivity index (χ4n) is 3.51. The van der Waals surface area contributed by atoms with Gasteiger partial charge < -0.3 is 9.32 Å². The summed E-state index contributed by atoms with van der Waals surface area (Å²) in [6, 6.07) is 14.0. The van der Waals surface area contributed by atoms with Crippen molar-refractivity contribution in [1.82, 2.24) is 5.01 Å². The van der Waals surface area contributed by atoms with Crippen LogP contribution in [0.4, 0.5) is 0 Å². The van der Waals surface area contributed by atoms with Gasteiger partial charge in [0, 0.05) is 12.0 Å². The Hall–Kier alpha value is -2.70. The molecule has 1 amide bonds. The molecule has 2 aromatic heterocycles. The van der Waals surface area contributed by atoms with Crippen molar-refractivity contribution in [2.24, 2.45) is 5.10 Å². The number of amides is 1. The SMILES string of the molecule is Cc1ccc(C2=NN(C(=O)C[NH+](C)Cc3ccsc3)[C@H](c3ccco3)C2)cc1. The second-order valence-electron chi connectivity index (χ2n) is 7.33. The van der Waals surface area contributed by atoms with Crippen LogP contribution in [-0.2, 0) is 11.3 Å². The Morgan fingerprint density at radius 1 is 1.29 bits per heavy atom. The van der Waals surface area contributed by atoms with Crippen LogP contribution in [0, 0.1) is 6.92 Å². The van der Waals surface area contributed by atoms with Gasteiger partial charge in [-0.3, -0.25) is 4.79 Å². The van der Waals surface area contributed by atoms with Crippen LogP contribution in [0.1, 0.15) is 34.9 Å². The van der Waals surface area contributed by atoms with Crippen LogP contribution in [-0.4, -0.2) is 30.2 Å². The third-order valence-electron chi connectivity index (χ3n) is 4.96. The average Bonchev–Trinajstić information content (AvgIpc) is 3.43. The van der Waals surface area contributed by atoms with Crippen molar-refractivity contribution in [2.45, 2.75) is 25.9 Å². The van der Waals surface area contributed by atoms with Crippen LogP contribution in [0.2, 0.25) is 0 Å². The highest BCUT2D eigenvalue weighted by Gasteiger charge is 2.35. The quantitative estimate of drug-likeness (QED) is 0.699. The van der Waals surface area contributed by atoms with Crippen LogP contribution in [0.5, 0.6) is 0 Å². The third kappa shape index (κ3) is 4.08. The van der Waals surface area contributed by atoms with Gasteiger partial charge in [0.25, 0.3) is 5.91 Å². The lowest BCUT2D eigenvalue weighted by Crippen LogP contribution is -3.08. The Balaban J connectivity index is 1.53. The van der Waals surface area contributed by atoms with Crippen LogP contribution in [0.15, 0.2) is 69.0 Å². The Morgan fingerprint density at radius 3 is 2.79 bits per heavy atom. The second kappa shape index (κ2) is 8.12. The monoisotopic (exact) mass is 394 g/mol. The van der Waals surface area contributed by atoms with Gasteiger partial charge in [-0.1, -0.05) is 29.8 Å². The largest absolute Gasteiger partial charge is 0.467 e. The highest BCUT2D eigenvalue weighted by atomic mass is 32.1. The van der Waals surface area contributed by atoms with Crippen LogP contribution >= 0.6 is 11.3 Å². The molecule has 0 saturated carbocycles. The number of hydrazone groups is 1. The van der Waals surface area contributed by atoms with Crippen molar-refractivity contribution in [3.05, 3.63) is 81.9 Å². The minimum Gasteiger partial charge on any atom is -0.467 e. The molecule has 1 aromatic carbocycles. The van der Waals surface area contributed by atoms with E-state index in [9.17, 15) is 4.79 Å². The number of thiophene rings is 1. The first kappa shape index (κ1) is 18.7. The van der Waals surface area contributed by atoms with Crippen molar-refractivity contribution >= 4 is 23.0 Å². The van der Waals surface area contributed by atoms with Crippen molar-refractivity contribution in [3.8, 4) is 0 Å². The minimum absolute atomic E-state index is 0.0104. The summed E-state index contributed by atoms with van der Waals surface area (Å²) in [7, 11) is 2.04. The topological polar surface area (TPSA) is 50.2 Å². The number of hydrogen-bond donors (Lipinski definition) is 1. The predicted octanol–water partition coefficient (Wildman–Crippen LogP) is 3.04. The number of aryl methyl sites for hydroxylation is 1. The fourth-order valence-corrected chi connectivity index (χ4v) is 4.18. The lowest BCUT2D eigenvalue weighted by molar-refractivity contribution is -0.885. The zero-order valence-corrected chi connectivity index (χ0v) is 16.9. The number of carbonyl (C=O) groups is 1. The maximum Gasteiger partial charge on any atom is 0.298 e. The van der Waals surface area contributed by atoms with Gasteiger partial charge in [0.15, 0.2) is 6.54 Å². The molecule has 1 aliphatic rings. The Morgan fingerprint density at radius 2 is 2.11 bits per heavy atom. The molecule has 144 valence electrons. The number of furan rings is 1. The number of carbonyl (C=O) groups excluding carboxylic acids is 1. The Bertz CT molecular complexity index is 946. The van der Waals surface area contributed by atoms with Crippen molar-refractivity contribution in [2.75, 3.05) is 13.6 Å².